The first-order valence-corrected chi connectivity index (χ1v) is 4.55. The van der Waals surface area contributed by atoms with Gasteiger partial charge in [-0.05, 0) is 12.1 Å². The standard InChI is InChI=1S/C11H10N4/c1-15(2)10-7-13-11-8(6-12)4-3-5-9(11)14-10/h3-5,7H,1-2H3. The molecular formula is C11H10N4. The van der Waals surface area contributed by atoms with Crippen molar-refractivity contribution < 1.29 is 0 Å². The molecule has 4 heteroatoms. The SMILES string of the molecule is CN(C)c1cnc2c(C#N)cccc2n1. The number of benzene rings is 1. The number of para-hydroxylation sites is 1. The van der Waals surface area contributed by atoms with E-state index < -0.39 is 0 Å². The molecule has 1 aromatic heterocycles. The average Bonchev–Trinajstić information content (AvgIpc) is 2.27. The Kier molecular flexibility index (Phi) is 2.22. The summed E-state index contributed by atoms with van der Waals surface area (Å²) >= 11 is 0. The Bertz CT molecular complexity index is 540. The van der Waals surface area contributed by atoms with E-state index in [1.54, 1.807) is 12.3 Å². The van der Waals surface area contributed by atoms with Gasteiger partial charge in [0.15, 0.2) is 0 Å². The molecule has 74 valence electrons. The van der Waals surface area contributed by atoms with E-state index in [2.05, 4.69) is 16.0 Å². The molecule has 0 N–H and O–H groups in total. The Labute approximate surface area is 87.8 Å². The molecule has 0 fully saturated rings. The van der Waals surface area contributed by atoms with Crippen LogP contribution in [0.5, 0.6) is 0 Å². The highest BCUT2D eigenvalue weighted by atomic mass is 15.1. The van der Waals surface area contributed by atoms with Crippen molar-refractivity contribution in [3.63, 3.8) is 0 Å². The summed E-state index contributed by atoms with van der Waals surface area (Å²) in [5, 5.41) is 8.89. The van der Waals surface area contributed by atoms with Gasteiger partial charge in [-0.2, -0.15) is 5.26 Å². The Morgan fingerprint density at radius 1 is 1.33 bits per heavy atom. The highest BCUT2D eigenvalue weighted by Gasteiger charge is 2.04. The smallest absolute Gasteiger partial charge is 0.147 e. The minimum atomic E-state index is 0.560. The third-order valence-corrected chi connectivity index (χ3v) is 2.14. The van der Waals surface area contributed by atoms with Crippen molar-refractivity contribution >= 4 is 16.9 Å². The average molecular weight is 198 g/mol. The van der Waals surface area contributed by atoms with Gasteiger partial charge in [-0.15, -0.1) is 0 Å². The molecule has 0 radical (unpaired) electrons. The molecule has 0 saturated carbocycles. The lowest BCUT2D eigenvalue weighted by molar-refractivity contribution is 1.06. The van der Waals surface area contributed by atoms with E-state index in [0.717, 1.165) is 11.3 Å². The summed E-state index contributed by atoms with van der Waals surface area (Å²) in [4.78, 5) is 10.5. The second-order valence-electron chi connectivity index (χ2n) is 3.41. The van der Waals surface area contributed by atoms with Gasteiger partial charge < -0.3 is 4.90 Å². The second kappa shape index (κ2) is 3.54. The summed E-state index contributed by atoms with van der Waals surface area (Å²) in [5.74, 6) is 0.789. The van der Waals surface area contributed by atoms with Crippen LogP contribution in [0.2, 0.25) is 0 Å². The zero-order valence-corrected chi connectivity index (χ0v) is 8.60. The zero-order valence-electron chi connectivity index (χ0n) is 8.60. The molecule has 0 saturated heterocycles. The van der Waals surface area contributed by atoms with E-state index in [9.17, 15) is 0 Å². The van der Waals surface area contributed by atoms with Crippen molar-refractivity contribution in [2.24, 2.45) is 0 Å². The van der Waals surface area contributed by atoms with Gasteiger partial charge in [-0.25, -0.2) is 9.97 Å². The van der Waals surface area contributed by atoms with Crippen LogP contribution in [0.4, 0.5) is 5.82 Å². The second-order valence-corrected chi connectivity index (χ2v) is 3.41. The molecule has 0 atom stereocenters. The van der Waals surface area contributed by atoms with Gasteiger partial charge in [0.1, 0.15) is 17.4 Å². The maximum Gasteiger partial charge on any atom is 0.147 e. The van der Waals surface area contributed by atoms with Crippen LogP contribution in [0, 0.1) is 11.3 Å². The first kappa shape index (κ1) is 9.41. The lowest BCUT2D eigenvalue weighted by Gasteiger charge is -2.10. The van der Waals surface area contributed by atoms with Crippen LogP contribution >= 0.6 is 0 Å². The molecule has 0 aliphatic heterocycles. The maximum absolute atomic E-state index is 8.89. The summed E-state index contributed by atoms with van der Waals surface area (Å²) in [5.41, 5.74) is 1.97. The summed E-state index contributed by atoms with van der Waals surface area (Å²) in [6.07, 6.45) is 1.67. The van der Waals surface area contributed by atoms with Gasteiger partial charge in [-0.1, -0.05) is 6.07 Å². The number of hydrogen-bond acceptors (Lipinski definition) is 4. The first-order valence-electron chi connectivity index (χ1n) is 4.55. The van der Waals surface area contributed by atoms with Crippen molar-refractivity contribution in [3.05, 3.63) is 30.0 Å². The van der Waals surface area contributed by atoms with E-state index in [1.165, 1.54) is 0 Å². The van der Waals surface area contributed by atoms with Gasteiger partial charge in [0.2, 0.25) is 0 Å². The zero-order chi connectivity index (χ0) is 10.8. The fourth-order valence-electron chi connectivity index (χ4n) is 1.34. The lowest BCUT2D eigenvalue weighted by Crippen LogP contribution is -2.11. The molecule has 0 spiro atoms. The normalized spacial score (nSPS) is 9.93. The Morgan fingerprint density at radius 2 is 2.13 bits per heavy atom. The molecule has 1 heterocycles. The number of fused-ring (bicyclic) bond motifs is 1. The largest absolute Gasteiger partial charge is 0.361 e. The predicted octanol–water partition coefficient (Wildman–Crippen LogP) is 1.57. The summed E-state index contributed by atoms with van der Waals surface area (Å²) in [7, 11) is 3.81. The Morgan fingerprint density at radius 3 is 2.80 bits per heavy atom. The molecule has 1 aromatic carbocycles. The number of aromatic nitrogens is 2. The predicted molar refractivity (Wildman–Crippen MR) is 58.6 cm³/mol. The summed E-state index contributed by atoms with van der Waals surface area (Å²) in [6, 6.07) is 7.52. The molecule has 0 aliphatic rings. The third-order valence-electron chi connectivity index (χ3n) is 2.14. The molecule has 4 nitrogen and oxygen atoms in total. The summed E-state index contributed by atoms with van der Waals surface area (Å²) < 4.78 is 0. The molecule has 15 heavy (non-hydrogen) atoms. The monoisotopic (exact) mass is 198 g/mol. The molecule has 0 aliphatic carbocycles. The Balaban J connectivity index is 2.70. The van der Waals surface area contributed by atoms with E-state index in [4.69, 9.17) is 5.26 Å². The number of hydrogen-bond donors (Lipinski definition) is 0. The highest BCUT2D eigenvalue weighted by Crippen LogP contribution is 2.16. The van der Waals surface area contributed by atoms with Crippen LogP contribution in [0.1, 0.15) is 5.56 Å². The third kappa shape index (κ3) is 1.59. The number of nitriles is 1. The lowest BCUT2D eigenvalue weighted by atomic mass is 10.2. The van der Waals surface area contributed by atoms with Crippen molar-refractivity contribution in [2.75, 3.05) is 19.0 Å². The maximum atomic E-state index is 8.89. The molecule has 0 amide bonds. The molecule has 0 bridgehead atoms. The van der Waals surface area contributed by atoms with Gasteiger partial charge in [0, 0.05) is 14.1 Å². The van der Waals surface area contributed by atoms with Crippen LogP contribution in [0.15, 0.2) is 24.4 Å². The van der Waals surface area contributed by atoms with Gasteiger partial charge in [-0.3, -0.25) is 0 Å². The molecule has 0 unspecified atom stereocenters. The van der Waals surface area contributed by atoms with Crippen LogP contribution in [0.3, 0.4) is 0 Å². The van der Waals surface area contributed by atoms with Crippen LogP contribution in [-0.4, -0.2) is 24.1 Å². The van der Waals surface area contributed by atoms with Gasteiger partial charge in [0.05, 0.1) is 17.3 Å². The fourth-order valence-corrected chi connectivity index (χ4v) is 1.34. The number of nitrogens with zero attached hydrogens (tertiary/aromatic N) is 4. The van der Waals surface area contributed by atoms with E-state index >= 15 is 0 Å². The number of anilines is 1. The first-order chi connectivity index (χ1) is 7.22. The van der Waals surface area contributed by atoms with Gasteiger partial charge in [0.25, 0.3) is 0 Å². The van der Waals surface area contributed by atoms with Crippen molar-refractivity contribution in [2.45, 2.75) is 0 Å². The molecular weight excluding hydrogens is 188 g/mol. The van der Waals surface area contributed by atoms with Crippen LogP contribution in [-0.2, 0) is 0 Å². The topological polar surface area (TPSA) is 52.8 Å². The minimum Gasteiger partial charge on any atom is -0.361 e. The molecule has 2 rings (SSSR count). The van der Waals surface area contributed by atoms with E-state index in [0.29, 0.717) is 11.1 Å². The van der Waals surface area contributed by atoms with Crippen LogP contribution < -0.4 is 4.90 Å². The fraction of sp³-hybridized carbons (Fsp3) is 0.182. The molecule has 2 aromatic rings. The minimum absolute atomic E-state index is 0.560. The Hall–Kier alpha value is -2.15. The van der Waals surface area contributed by atoms with E-state index in [-0.39, 0.29) is 0 Å². The highest BCUT2D eigenvalue weighted by molar-refractivity contribution is 5.81. The van der Waals surface area contributed by atoms with Crippen molar-refractivity contribution in [3.8, 4) is 6.07 Å². The number of rotatable bonds is 1. The van der Waals surface area contributed by atoms with E-state index in [1.807, 2.05) is 31.1 Å². The van der Waals surface area contributed by atoms with Crippen molar-refractivity contribution in [1.82, 2.24) is 9.97 Å². The van der Waals surface area contributed by atoms with Crippen LogP contribution in [0.25, 0.3) is 11.0 Å². The quantitative estimate of drug-likeness (QED) is 0.697. The summed E-state index contributed by atoms with van der Waals surface area (Å²) in [6.45, 7) is 0. The van der Waals surface area contributed by atoms with Crippen molar-refractivity contribution in [1.29, 1.82) is 5.26 Å². The van der Waals surface area contributed by atoms with Gasteiger partial charge >= 0.3 is 0 Å².